The van der Waals surface area contributed by atoms with Crippen molar-refractivity contribution in [2.24, 2.45) is 0 Å². The summed E-state index contributed by atoms with van der Waals surface area (Å²) >= 11 is 0. The molecule has 26 heavy (non-hydrogen) atoms. The van der Waals surface area contributed by atoms with Crippen LogP contribution in [0.5, 0.6) is 0 Å². The second kappa shape index (κ2) is 21.0. The summed E-state index contributed by atoms with van der Waals surface area (Å²) in [7, 11) is 0. The van der Waals surface area contributed by atoms with E-state index in [-0.39, 0.29) is 6.42 Å². The van der Waals surface area contributed by atoms with Gasteiger partial charge in [-0.15, -0.1) is 0 Å². The SMILES string of the molecule is CC.CC.CC.CC.CCC(=O)O.c1ccc2c(c1)Cc1ccccc1-2. The van der Waals surface area contributed by atoms with Crippen LogP contribution in [-0.2, 0) is 11.2 Å². The van der Waals surface area contributed by atoms with Crippen LogP contribution in [0.3, 0.4) is 0 Å². The van der Waals surface area contributed by atoms with Crippen LogP contribution in [0.2, 0.25) is 0 Å². The molecule has 0 fully saturated rings. The van der Waals surface area contributed by atoms with E-state index < -0.39 is 5.97 Å². The number of rotatable bonds is 1. The second-order valence-corrected chi connectivity index (χ2v) is 4.24. The first-order valence-corrected chi connectivity index (χ1v) is 10.1. The third-order valence-corrected chi connectivity index (χ3v) is 3.01. The standard InChI is InChI=1S/C13H10.C3H6O2.4C2H6/c1-3-7-12-10(5-1)9-11-6-2-4-8-13(11)12;1-2-3(4)5;4*1-2/h1-8H,9H2;2H2,1H3,(H,4,5);4*1-2H3. The molecule has 0 aromatic heterocycles. The predicted octanol–water partition coefficient (Wildman–Crippen LogP) is 7.84. The first kappa shape index (κ1) is 28.7. The fraction of sp³-hybridized carbons (Fsp3) is 0.458. The van der Waals surface area contributed by atoms with E-state index in [1.807, 2.05) is 55.4 Å². The van der Waals surface area contributed by atoms with Crippen LogP contribution < -0.4 is 0 Å². The molecule has 0 radical (unpaired) electrons. The number of benzene rings is 2. The average molecular weight is 361 g/mol. The minimum Gasteiger partial charge on any atom is -0.481 e. The van der Waals surface area contributed by atoms with Gasteiger partial charge in [0.05, 0.1) is 0 Å². The molecule has 2 heteroatoms. The van der Waals surface area contributed by atoms with E-state index in [9.17, 15) is 4.79 Å². The Labute approximate surface area is 162 Å². The van der Waals surface area contributed by atoms with Gasteiger partial charge in [-0.1, -0.05) is 111 Å². The number of hydrogen-bond acceptors (Lipinski definition) is 1. The summed E-state index contributed by atoms with van der Waals surface area (Å²) in [5, 5.41) is 7.72. The number of carbonyl (C=O) groups is 1. The number of carboxylic acids is 1. The summed E-state index contributed by atoms with van der Waals surface area (Å²) in [5.74, 6) is -0.745. The van der Waals surface area contributed by atoms with Crippen molar-refractivity contribution < 1.29 is 9.90 Å². The molecule has 3 rings (SSSR count). The maximum absolute atomic E-state index is 9.37. The van der Waals surface area contributed by atoms with Crippen molar-refractivity contribution in [3.63, 3.8) is 0 Å². The van der Waals surface area contributed by atoms with Crippen LogP contribution in [0.15, 0.2) is 48.5 Å². The molecule has 0 spiro atoms. The van der Waals surface area contributed by atoms with Gasteiger partial charge in [-0.05, 0) is 28.7 Å². The highest BCUT2D eigenvalue weighted by molar-refractivity contribution is 5.76. The molecule has 0 amide bonds. The highest BCUT2D eigenvalue weighted by atomic mass is 16.4. The van der Waals surface area contributed by atoms with E-state index >= 15 is 0 Å². The van der Waals surface area contributed by atoms with Gasteiger partial charge in [0, 0.05) is 6.42 Å². The zero-order valence-corrected chi connectivity index (χ0v) is 18.4. The lowest BCUT2D eigenvalue weighted by atomic mass is 10.1. The van der Waals surface area contributed by atoms with Crippen LogP contribution in [0, 0.1) is 0 Å². The van der Waals surface area contributed by atoms with Crippen LogP contribution in [0.25, 0.3) is 11.1 Å². The van der Waals surface area contributed by atoms with E-state index in [0.29, 0.717) is 0 Å². The third-order valence-electron chi connectivity index (χ3n) is 3.01. The fourth-order valence-corrected chi connectivity index (χ4v) is 2.08. The smallest absolute Gasteiger partial charge is 0.303 e. The third kappa shape index (κ3) is 10.7. The van der Waals surface area contributed by atoms with Gasteiger partial charge in [-0.2, -0.15) is 0 Å². The first-order chi connectivity index (χ1) is 12.7. The summed E-state index contributed by atoms with van der Waals surface area (Å²) in [6.07, 6.45) is 1.33. The van der Waals surface area contributed by atoms with Crippen molar-refractivity contribution in [3.05, 3.63) is 59.7 Å². The Hall–Kier alpha value is -2.09. The molecule has 0 bridgehead atoms. The lowest BCUT2D eigenvalue weighted by Gasteiger charge is -1.98. The van der Waals surface area contributed by atoms with Gasteiger partial charge in [0.15, 0.2) is 0 Å². The Morgan fingerprint density at radius 2 is 1.00 bits per heavy atom. The van der Waals surface area contributed by atoms with E-state index in [0.717, 1.165) is 6.42 Å². The number of aliphatic carboxylic acids is 1. The van der Waals surface area contributed by atoms with Crippen LogP contribution in [-0.4, -0.2) is 11.1 Å². The summed E-state index contributed by atoms with van der Waals surface area (Å²) in [6, 6.07) is 17.3. The summed E-state index contributed by atoms with van der Waals surface area (Å²) in [5.41, 5.74) is 5.75. The van der Waals surface area contributed by atoms with Gasteiger partial charge >= 0.3 is 5.97 Å². The molecule has 2 aromatic rings. The Balaban J connectivity index is -0.000000348. The molecular formula is C24H40O2. The molecule has 148 valence electrons. The average Bonchev–Trinajstić information content (AvgIpc) is 3.13. The number of fused-ring (bicyclic) bond motifs is 3. The summed E-state index contributed by atoms with van der Waals surface area (Å²) in [6.45, 7) is 17.6. The van der Waals surface area contributed by atoms with E-state index in [1.165, 1.54) is 22.3 Å². The quantitative estimate of drug-likeness (QED) is 0.480. The minimum absolute atomic E-state index is 0.222. The highest BCUT2D eigenvalue weighted by Gasteiger charge is 2.15. The molecule has 0 unspecified atom stereocenters. The second-order valence-electron chi connectivity index (χ2n) is 4.24. The molecule has 2 aromatic carbocycles. The van der Waals surface area contributed by atoms with Crippen molar-refractivity contribution >= 4 is 5.97 Å². The lowest BCUT2D eigenvalue weighted by Crippen LogP contribution is -1.86. The minimum atomic E-state index is -0.745. The van der Waals surface area contributed by atoms with Crippen molar-refractivity contribution in [1.82, 2.24) is 0 Å². The van der Waals surface area contributed by atoms with Gasteiger partial charge in [-0.25, -0.2) is 0 Å². The molecular weight excluding hydrogens is 320 g/mol. The molecule has 0 saturated carbocycles. The van der Waals surface area contributed by atoms with Gasteiger partial charge < -0.3 is 5.11 Å². The molecule has 0 atom stereocenters. The lowest BCUT2D eigenvalue weighted by molar-refractivity contribution is -0.136. The molecule has 2 nitrogen and oxygen atoms in total. The van der Waals surface area contributed by atoms with Crippen molar-refractivity contribution in [1.29, 1.82) is 0 Å². The Morgan fingerprint density at radius 3 is 1.27 bits per heavy atom. The van der Waals surface area contributed by atoms with Crippen LogP contribution in [0.4, 0.5) is 0 Å². The van der Waals surface area contributed by atoms with Crippen molar-refractivity contribution in [3.8, 4) is 11.1 Å². The summed E-state index contributed by atoms with van der Waals surface area (Å²) < 4.78 is 0. The van der Waals surface area contributed by atoms with Gasteiger partial charge in [0.2, 0.25) is 0 Å². The fourth-order valence-electron chi connectivity index (χ4n) is 2.08. The van der Waals surface area contributed by atoms with E-state index in [4.69, 9.17) is 5.11 Å². The molecule has 1 N–H and O–H groups in total. The molecule has 1 aliphatic rings. The van der Waals surface area contributed by atoms with Gasteiger partial charge in [0.25, 0.3) is 0 Å². The van der Waals surface area contributed by atoms with Crippen molar-refractivity contribution in [2.75, 3.05) is 0 Å². The topological polar surface area (TPSA) is 37.3 Å². The molecule has 0 aliphatic heterocycles. The molecule has 1 aliphatic carbocycles. The van der Waals surface area contributed by atoms with E-state index in [1.54, 1.807) is 6.92 Å². The normalized spacial score (nSPS) is 8.50. The summed E-state index contributed by atoms with van der Waals surface area (Å²) in [4.78, 5) is 9.37. The Kier molecular flexibility index (Phi) is 23.1. The Bertz CT molecular complexity index is 516. The maximum Gasteiger partial charge on any atom is 0.303 e. The largest absolute Gasteiger partial charge is 0.481 e. The van der Waals surface area contributed by atoms with Crippen LogP contribution in [0.1, 0.15) is 79.9 Å². The number of hydrogen-bond donors (Lipinski definition) is 1. The van der Waals surface area contributed by atoms with Crippen molar-refractivity contribution in [2.45, 2.75) is 75.2 Å². The molecule has 0 saturated heterocycles. The van der Waals surface area contributed by atoms with Gasteiger partial charge in [0.1, 0.15) is 0 Å². The number of carboxylic acid groups (broad SMARTS) is 1. The predicted molar refractivity (Wildman–Crippen MR) is 118 cm³/mol. The monoisotopic (exact) mass is 360 g/mol. The highest BCUT2D eigenvalue weighted by Crippen LogP contribution is 2.35. The Morgan fingerprint density at radius 1 is 0.731 bits per heavy atom. The van der Waals surface area contributed by atoms with Crippen LogP contribution >= 0.6 is 0 Å². The zero-order valence-electron chi connectivity index (χ0n) is 18.4. The van der Waals surface area contributed by atoms with E-state index in [2.05, 4.69) is 48.5 Å². The maximum atomic E-state index is 9.37. The van der Waals surface area contributed by atoms with Gasteiger partial charge in [-0.3, -0.25) is 4.79 Å². The first-order valence-electron chi connectivity index (χ1n) is 10.1. The molecule has 0 heterocycles. The zero-order chi connectivity index (χ0) is 21.0.